The van der Waals surface area contributed by atoms with Gasteiger partial charge in [-0.3, -0.25) is 4.79 Å². The summed E-state index contributed by atoms with van der Waals surface area (Å²) in [5.74, 6) is 1.54. The summed E-state index contributed by atoms with van der Waals surface area (Å²) in [5, 5.41) is 9.08. The van der Waals surface area contributed by atoms with Gasteiger partial charge in [0.05, 0.1) is 6.54 Å². The predicted molar refractivity (Wildman–Crippen MR) is 109 cm³/mol. The van der Waals surface area contributed by atoms with Crippen LogP contribution in [-0.2, 0) is 4.79 Å². The monoisotopic (exact) mass is 448 g/mol. The fourth-order valence-corrected chi connectivity index (χ4v) is 1.94. The topological polar surface area (TPSA) is 74.8 Å². The molecule has 0 fully saturated rings. The molecule has 1 amide bonds. The van der Waals surface area contributed by atoms with E-state index in [1.54, 1.807) is 0 Å². The van der Waals surface area contributed by atoms with E-state index in [9.17, 15) is 4.79 Å². The van der Waals surface area contributed by atoms with Gasteiger partial charge in [0.25, 0.3) is 0 Å². The van der Waals surface area contributed by atoms with E-state index in [2.05, 4.69) is 20.9 Å². The SMILES string of the molecule is CCNC(=NCC(C)Oc1cccc(C)c1)NCCNC(C)=O.I. The Balaban J connectivity index is 0.00000529. The lowest BCUT2D eigenvalue weighted by molar-refractivity contribution is -0.118. The van der Waals surface area contributed by atoms with E-state index < -0.39 is 0 Å². The number of ether oxygens (including phenoxy) is 1. The summed E-state index contributed by atoms with van der Waals surface area (Å²) in [7, 11) is 0. The molecule has 0 aromatic heterocycles. The van der Waals surface area contributed by atoms with Crippen molar-refractivity contribution in [1.29, 1.82) is 0 Å². The van der Waals surface area contributed by atoms with Crippen LogP contribution in [0.4, 0.5) is 0 Å². The van der Waals surface area contributed by atoms with Gasteiger partial charge in [-0.25, -0.2) is 4.99 Å². The number of amides is 1. The minimum Gasteiger partial charge on any atom is -0.489 e. The summed E-state index contributed by atoms with van der Waals surface area (Å²) < 4.78 is 5.86. The van der Waals surface area contributed by atoms with Crippen molar-refractivity contribution in [3.05, 3.63) is 29.8 Å². The summed E-state index contributed by atoms with van der Waals surface area (Å²) in [4.78, 5) is 15.3. The van der Waals surface area contributed by atoms with Crippen LogP contribution in [0.2, 0.25) is 0 Å². The number of guanidine groups is 1. The Labute approximate surface area is 161 Å². The van der Waals surface area contributed by atoms with Crippen molar-refractivity contribution in [2.75, 3.05) is 26.2 Å². The number of halogens is 1. The van der Waals surface area contributed by atoms with Gasteiger partial charge in [-0.05, 0) is 38.5 Å². The maximum Gasteiger partial charge on any atom is 0.216 e. The van der Waals surface area contributed by atoms with Crippen LogP contribution in [0.25, 0.3) is 0 Å². The Morgan fingerprint density at radius 1 is 1.25 bits per heavy atom. The molecule has 7 heteroatoms. The minimum absolute atomic E-state index is 0. The van der Waals surface area contributed by atoms with Gasteiger partial charge in [0.2, 0.25) is 5.91 Å². The van der Waals surface area contributed by atoms with Crippen molar-refractivity contribution in [2.45, 2.75) is 33.8 Å². The zero-order valence-corrected chi connectivity index (χ0v) is 17.2. The Bertz CT molecular complexity index is 523. The highest BCUT2D eigenvalue weighted by molar-refractivity contribution is 14.0. The van der Waals surface area contributed by atoms with Crippen molar-refractivity contribution in [3.8, 4) is 5.75 Å². The highest BCUT2D eigenvalue weighted by atomic mass is 127. The highest BCUT2D eigenvalue weighted by Crippen LogP contribution is 2.14. The summed E-state index contributed by atoms with van der Waals surface area (Å²) in [5.41, 5.74) is 1.17. The fourth-order valence-electron chi connectivity index (χ4n) is 1.94. The van der Waals surface area contributed by atoms with E-state index in [4.69, 9.17) is 4.74 Å². The minimum atomic E-state index is -0.0334. The Hall–Kier alpha value is -1.51. The third-order valence-corrected chi connectivity index (χ3v) is 2.97. The second-order valence-corrected chi connectivity index (χ2v) is 5.37. The second kappa shape index (κ2) is 12.9. The van der Waals surface area contributed by atoms with Gasteiger partial charge in [-0.2, -0.15) is 0 Å². The smallest absolute Gasteiger partial charge is 0.216 e. The van der Waals surface area contributed by atoms with Gasteiger partial charge in [-0.1, -0.05) is 12.1 Å². The van der Waals surface area contributed by atoms with E-state index >= 15 is 0 Å². The molecule has 0 spiro atoms. The first-order valence-corrected chi connectivity index (χ1v) is 8.01. The molecule has 0 bridgehead atoms. The average molecular weight is 448 g/mol. The van der Waals surface area contributed by atoms with Gasteiger partial charge in [-0.15, -0.1) is 24.0 Å². The van der Waals surface area contributed by atoms with Crippen molar-refractivity contribution in [1.82, 2.24) is 16.0 Å². The molecule has 0 aliphatic rings. The lowest BCUT2D eigenvalue weighted by Gasteiger charge is -2.15. The van der Waals surface area contributed by atoms with Gasteiger partial charge < -0.3 is 20.7 Å². The summed E-state index contributed by atoms with van der Waals surface area (Å²) in [6.07, 6.45) is -0.0254. The number of carbonyl (C=O) groups excluding carboxylic acids is 1. The van der Waals surface area contributed by atoms with Gasteiger partial charge in [0, 0.05) is 26.6 Å². The summed E-state index contributed by atoms with van der Waals surface area (Å²) >= 11 is 0. The first-order chi connectivity index (χ1) is 11.0. The molecule has 1 rings (SSSR count). The van der Waals surface area contributed by atoms with Gasteiger partial charge in [0.15, 0.2) is 5.96 Å². The van der Waals surface area contributed by atoms with E-state index in [0.29, 0.717) is 19.6 Å². The van der Waals surface area contributed by atoms with Crippen molar-refractivity contribution < 1.29 is 9.53 Å². The van der Waals surface area contributed by atoms with E-state index in [0.717, 1.165) is 18.3 Å². The van der Waals surface area contributed by atoms with Crippen LogP contribution in [0.3, 0.4) is 0 Å². The molecule has 3 N–H and O–H groups in total. The molecule has 1 aromatic rings. The van der Waals surface area contributed by atoms with Crippen LogP contribution in [0.5, 0.6) is 5.75 Å². The number of rotatable bonds is 8. The number of nitrogens with one attached hydrogen (secondary N) is 3. The quantitative estimate of drug-likeness (QED) is 0.247. The number of benzene rings is 1. The highest BCUT2D eigenvalue weighted by Gasteiger charge is 2.05. The Morgan fingerprint density at radius 3 is 2.58 bits per heavy atom. The molecule has 1 unspecified atom stereocenters. The summed E-state index contributed by atoms with van der Waals surface area (Å²) in [6, 6.07) is 7.98. The maximum atomic E-state index is 10.8. The lowest BCUT2D eigenvalue weighted by Crippen LogP contribution is -2.41. The molecular formula is C17H29IN4O2. The average Bonchev–Trinajstić information content (AvgIpc) is 2.48. The lowest BCUT2D eigenvalue weighted by atomic mass is 10.2. The molecule has 0 saturated heterocycles. The Kier molecular flexibility index (Phi) is 12.0. The van der Waals surface area contributed by atoms with Crippen molar-refractivity contribution in [2.24, 2.45) is 4.99 Å². The largest absolute Gasteiger partial charge is 0.489 e. The molecule has 1 atom stereocenters. The third-order valence-electron chi connectivity index (χ3n) is 2.97. The molecule has 0 saturated carbocycles. The number of hydrogen-bond acceptors (Lipinski definition) is 3. The van der Waals surface area contributed by atoms with Crippen LogP contribution in [0.1, 0.15) is 26.3 Å². The molecule has 0 aliphatic heterocycles. The van der Waals surface area contributed by atoms with Gasteiger partial charge >= 0.3 is 0 Å². The van der Waals surface area contributed by atoms with Crippen molar-refractivity contribution >= 4 is 35.8 Å². The molecule has 6 nitrogen and oxygen atoms in total. The normalized spacial score (nSPS) is 11.9. The molecule has 0 radical (unpaired) electrons. The molecule has 0 heterocycles. The maximum absolute atomic E-state index is 10.8. The third kappa shape index (κ3) is 10.3. The molecule has 1 aromatic carbocycles. The summed E-state index contributed by atoms with van der Waals surface area (Å²) in [6.45, 7) is 10.1. The second-order valence-electron chi connectivity index (χ2n) is 5.37. The van der Waals surface area contributed by atoms with Crippen LogP contribution in [0, 0.1) is 6.92 Å². The number of carbonyl (C=O) groups is 1. The van der Waals surface area contributed by atoms with Gasteiger partial charge in [0.1, 0.15) is 11.9 Å². The number of nitrogens with zero attached hydrogens (tertiary/aromatic N) is 1. The van der Waals surface area contributed by atoms with E-state index in [-0.39, 0.29) is 36.0 Å². The first-order valence-electron chi connectivity index (χ1n) is 8.01. The zero-order valence-electron chi connectivity index (χ0n) is 14.9. The molecule has 24 heavy (non-hydrogen) atoms. The standard InChI is InChI=1S/C17H28N4O2.HI/c1-5-18-17(20-10-9-19-15(4)22)21-12-14(3)23-16-8-6-7-13(2)11-16;/h6-8,11,14H,5,9-10,12H2,1-4H3,(H,19,22)(H2,18,20,21);1H. The van der Waals surface area contributed by atoms with E-state index in [1.165, 1.54) is 12.5 Å². The van der Waals surface area contributed by atoms with Crippen molar-refractivity contribution in [3.63, 3.8) is 0 Å². The van der Waals surface area contributed by atoms with Crippen LogP contribution in [-0.4, -0.2) is 44.1 Å². The number of aliphatic imine (C=N–C) groups is 1. The predicted octanol–water partition coefficient (Wildman–Crippen LogP) is 2.07. The van der Waals surface area contributed by atoms with Crippen LogP contribution in [0.15, 0.2) is 29.3 Å². The number of hydrogen-bond donors (Lipinski definition) is 3. The molecule has 136 valence electrons. The van der Waals surface area contributed by atoms with Crippen LogP contribution < -0.4 is 20.7 Å². The Morgan fingerprint density at radius 2 is 1.96 bits per heavy atom. The fraction of sp³-hybridized carbons (Fsp3) is 0.529. The zero-order chi connectivity index (χ0) is 17.1. The molecule has 0 aliphatic carbocycles. The van der Waals surface area contributed by atoms with Crippen LogP contribution >= 0.6 is 24.0 Å². The van der Waals surface area contributed by atoms with E-state index in [1.807, 2.05) is 45.0 Å². The first kappa shape index (κ1) is 22.5. The number of aryl methyl sites for hydroxylation is 1. The molecular weight excluding hydrogens is 419 g/mol.